The first-order valence-corrected chi connectivity index (χ1v) is 11.4. The molecular formula is C23H28ClNO2S. The summed E-state index contributed by atoms with van der Waals surface area (Å²) in [7, 11) is 0. The molecular weight excluding hydrogens is 390 g/mol. The molecule has 0 aliphatic carbocycles. The topological polar surface area (TPSA) is 38.3 Å². The lowest BCUT2D eigenvalue weighted by molar-refractivity contribution is -0.122. The zero-order valence-corrected chi connectivity index (χ0v) is 18.1. The van der Waals surface area contributed by atoms with E-state index in [0.29, 0.717) is 6.42 Å². The summed E-state index contributed by atoms with van der Waals surface area (Å²) in [5.41, 5.74) is 0.889. The molecule has 0 aromatic heterocycles. The number of para-hydroxylation sites is 1. The first-order valence-electron chi connectivity index (χ1n) is 10.0. The smallest absolute Gasteiger partial charge is 0.220 e. The molecule has 0 saturated heterocycles. The number of halogens is 1. The molecule has 3 nitrogen and oxygen atoms in total. The molecule has 1 unspecified atom stereocenters. The van der Waals surface area contributed by atoms with Crippen LogP contribution in [0.15, 0.2) is 53.4 Å². The molecule has 0 bridgehead atoms. The van der Waals surface area contributed by atoms with Crippen molar-refractivity contribution in [1.82, 2.24) is 5.32 Å². The van der Waals surface area contributed by atoms with E-state index in [1.54, 1.807) is 11.8 Å². The number of nitrogens with one attached hydrogen (secondary N) is 1. The maximum absolute atomic E-state index is 12.6. The number of benzene rings is 2. The summed E-state index contributed by atoms with van der Waals surface area (Å²) in [4.78, 5) is 13.8. The standard InChI is InChI=1S/C23H28ClNO2S/c1-3-23(4-2)16-20(19-8-5-6-9-21(19)27-23)25-22(26)10-7-15-28-18-13-11-17(24)12-14-18/h5-6,8-9,11-14,20H,3-4,7,10,15-16H2,1-2H3,(H,25,26). The second-order valence-electron chi connectivity index (χ2n) is 7.26. The zero-order chi connectivity index (χ0) is 20.0. The van der Waals surface area contributed by atoms with E-state index in [1.807, 2.05) is 42.5 Å². The highest BCUT2D eigenvalue weighted by atomic mass is 35.5. The molecule has 1 amide bonds. The van der Waals surface area contributed by atoms with Gasteiger partial charge < -0.3 is 10.1 Å². The fourth-order valence-corrected chi connectivity index (χ4v) is 4.63. The molecule has 150 valence electrons. The zero-order valence-electron chi connectivity index (χ0n) is 16.5. The first kappa shape index (κ1) is 21.1. The summed E-state index contributed by atoms with van der Waals surface area (Å²) < 4.78 is 6.32. The maximum Gasteiger partial charge on any atom is 0.220 e. The van der Waals surface area contributed by atoms with Crippen molar-refractivity contribution in [1.29, 1.82) is 0 Å². The van der Waals surface area contributed by atoms with Crippen LogP contribution in [0, 0.1) is 0 Å². The largest absolute Gasteiger partial charge is 0.487 e. The Balaban J connectivity index is 1.54. The molecule has 3 rings (SSSR count). The molecule has 1 aliphatic heterocycles. The Labute approximate surface area is 177 Å². The Morgan fingerprint density at radius 3 is 2.61 bits per heavy atom. The van der Waals surface area contributed by atoms with Gasteiger partial charge >= 0.3 is 0 Å². The predicted octanol–water partition coefficient (Wildman–Crippen LogP) is 6.41. The van der Waals surface area contributed by atoms with Crippen LogP contribution in [0.1, 0.15) is 57.6 Å². The molecule has 28 heavy (non-hydrogen) atoms. The third-order valence-electron chi connectivity index (χ3n) is 5.45. The Hall–Kier alpha value is -1.65. The lowest BCUT2D eigenvalue weighted by Crippen LogP contribution is -2.44. The molecule has 1 atom stereocenters. The number of hydrogen-bond acceptors (Lipinski definition) is 3. The highest BCUT2D eigenvalue weighted by molar-refractivity contribution is 7.99. The van der Waals surface area contributed by atoms with Crippen molar-refractivity contribution in [3.05, 3.63) is 59.1 Å². The van der Waals surface area contributed by atoms with Gasteiger partial charge in [-0.25, -0.2) is 0 Å². The van der Waals surface area contributed by atoms with E-state index in [-0.39, 0.29) is 17.6 Å². The van der Waals surface area contributed by atoms with Crippen LogP contribution in [0.4, 0.5) is 0 Å². The van der Waals surface area contributed by atoms with Gasteiger partial charge in [-0.3, -0.25) is 4.79 Å². The molecule has 5 heteroatoms. The molecule has 2 aromatic carbocycles. The highest BCUT2D eigenvalue weighted by Crippen LogP contribution is 2.42. The third-order valence-corrected chi connectivity index (χ3v) is 6.80. The Bertz CT molecular complexity index is 789. The van der Waals surface area contributed by atoms with Crippen LogP contribution in [0.5, 0.6) is 5.75 Å². The van der Waals surface area contributed by atoms with Crippen molar-refractivity contribution in [2.75, 3.05) is 5.75 Å². The summed E-state index contributed by atoms with van der Waals surface area (Å²) in [5, 5.41) is 4.00. The summed E-state index contributed by atoms with van der Waals surface area (Å²) in [6, 6.07) is 15.9. The van der Waals surface area contributed by atoms with Gasteiger partial charge in [0, 0.05) is 28.3 Å². The molecule has 0 saturated carbocycles. The molecule has 0 spiro atoms. The van der Waals surface area contributed by atoms with E-state index in [9.17, 15) is 4.79 Å². The number of fused-ring (bicyclic) bond motifs is 1. The van der Waals surface area contributed by atoms with Crippen molar-refractivity contribution in [2.45, 2.75) is 62.5 Å². The van der Waals surface area contributed by atoms with Gasteiger partial charge in [-0.2, -0.15) is 0 Å². The van der Waals surface area contributed by atoms with E-state index in [4.69, 9.17) is 16.3 Å². The van der Waals surface area contributed by atoms with Gasteiger partial charge in [0.1, 0.15) is 11.4 Å². The highest BCUT2D eigenvalue weighted by Gasteiger charge is 2.38. The quantitative estimate of drug-likeness (QED) is 0.398. The van der Waals surface area contributed by atoms with Crippen molar-refractivity contribution in [3.63, 3.8) is 0 Å². The molecule has 2 aromatic rings. The lowest BCUT2D eigenvalue weighted by atomic mass is 9.83. The molecule has 1 aliphatic rings. The van der Waals surface area contributed by atoms with Crippen LogP contribution in [0.3, 0.4) is 0 Å². The molecule has 0 radical (unpaired) electrons. The van der Waals surface area contributed by atoms with Crippen molar-refractivity contribution < 1.29 is 9.53 Å². The summed E-state index contributed by atoms with van der Waals surface area (Å²) >= 11 is 7.67. The van der Waals surface area contributed by atoms with Crippen LogP contribution in [0.25, 0.3) is 0 Å². The number of hydrogen-bond donors (Lipinski definition) is 1. The van der Waals surface area contributed by atoms with Gasteiger partial charge in [0.25, 0.3) is 0 Å². The Kier molecular flexibility index (Phi) is 7.30. The monoisotopic (exact) mass is 417 g/mol. The second kappa shape index (κ2) is 9.71. The van der Waals surface area contributed by atoms with Gasteiger partial charge in [-0.05, 0) is 55.3 Å². The number of thioether (sulfide) groups is 1. The first-order chi connectivity index (χ1) is 13.5. The number of rotatable bonds is 8. The summed E-state index contributed by atoms with van der Waals surface area (Å²) in [6.07, 6.45) is 4.06. The van der Waals surface area contributed by atoms with E-state index < -0.39 is 0 Å². The van der Waals surface area contributed by atoms with Crippen LogP contribution >= 0.6 is 23.4 Å². The normalized spacial score (nSPS) is 17.5. The van der Waals surface area contributed by atoms with Gasteiger partial charge in [-0.15, -0.1) is 11.8 Å². The average molecular weight is 418 g/mol. The second-order valence-corrected chi connectivity index (χ2v) is 8.86. The Morgan fingerprint density at radius 1 is 1.18 bits per heavy atom. The van der Waals surface area contributed by atoms with Gasteiger partial charge in [-0.1, -0.05) is 43.6 Å². The fourth-order valence-electron chi connectivity index (χ4n) is 3.65. The predicted molar refractivity (Wildman–Crippen MR) is 117 cm³/mol. The fraction of sp³-hybridized carbons (Fsp3) is 0.435. The summed E-state index contributed by atoms with van der Waals surface area (Å²) in [5.74, 6) is 1.92. The minimum atomic E-state index is -0.198. The van der Waals surface area contributed by atoms with Crippen LogP contribution in [-0.2, 0) is 4.79 Å². The SMILES string of the molecule is CCC1(CC)CC(NC(=O)CCCSc2ccc(Cl)cc2)c2ccccc2O1. The minimum Gasteiger partial charge on any atom is -0.487 e. The lowest BCUT2D eigenvalue weighted by Gasteiger charge is -2.41. The van der Waals surface area contributed by atoms with Gasteiger partial charge in [0.15, 0.2) is 0 Å². The van der Waals surface area contributed by atoms with Gasteiger partial charge in [0.05, 0.1) is 6.04 Å². The van der Waals surface area contributed by atoms with Crippen LogP contribution in [0.2, 0.25) is 5.02 Å². The maximum atomic E-state index is 12.6. The Morgan fingerprint density at radius 2 is 1.89 bits per heavy atom. The van der Waals surface area contributed by atoms with Crippen LogP contribution in [-0.4, -0.2) is 17.3 Å². The van der Waals surface area contributed by atoms with Gasteiger partial charge in [0.2, 0.25) is 5.91 Å². The van der Waals surface area contributed by atoms with Crippen molar-refractivity contribution in [3.8, 4) is 5.75 Å². The van der Waals surface area contributed by atoms with Crippen molar-refractivity contribution >= 4 is 29.3 Å². The molecule has 0 fully saturated rings. The van der Waals surface area contributed by atoms with E-state index in [2.05, 4.69) is 25.2 Å². The minimum absolute atomic E-state index is 0.0151. The molecule has 1 heterocycles. The number of carbonyl (C=O) groups excluding carboxylic acids is 1. The third kappa shape index (κ3) is 5.24. The number of amides is 1. The van der Waals surface area contributed by atoms with E-state index in [1.165, 1.54) is 4.90 Å². The summed E-state index contributed by atoms with van der Waals surface area (Å²) in [6.45, 7) is 4.31. The van der Waals surface area contributed by atoms with E-state index >= 15 is 0 Å². The average Bonchev–Trinajstić information content (AvgIpc) is 2.72. The number of ether oxygens (including phenoxy) is 1. The number of carbonyl (C=O) groups is 1. The van der Waals surface area contributed by atoms with Crippen molar-refractivity contribution in [2.24, 2.45) is 0 Å². The molecule has 1 N–H and O–H groups in total. The van der Waals surface area contributed by atoms with Crippen LogP contribution < -0.4 is 10.1 Å². The van der Waals surface area contributed by atoms with E-state index in [0.717, 1.165) is 47.8 Å².